The van der Waals surface area contributed by atoms with Crippen molar-refractivity contribution in [3.8, 4) is 0 Å². The van der Waals surface area contributed by atoms with Gasteiger partial charge in [-0.25, -0.2) is 8.42 Å². The summed E-state index contributed by atoms with van der Waals surface area (Å²) in [5.74, 6) is -0.626. The molecule has 1 aliphatic carbocycles. The van der Waals surface area contributed by atoms with Crippen molar-refractivity contribution < 1.29 is 22.7 Å². The van der Waals surface area contributed by atoms with Crippen molar-refractivity contribution in [3.05, 3.63) is 28.8 Å². The normalized spacial score (nSPS) is 18.4. The maximum absolute atomic E-state index is 13.1. The number of ether oxygens (including phenoxy) is 1. The van der Waals surface area contributed by atoms with Gasteiger partial charge < -0.3 is 9.64 Å². The fourth-order valence-electron chi connectivity index (χ4n) is 3.54. The van der Waals surface area contributed by atoms with Crippen molar-refractivity contribution in [1.82, 2.24) is 9.21 Å². The molecule has 3 rings (SSSR count). The lowest BCUT2D eigenvalue weighted by Gasteiger charge is -2.34. The highest BCUT2D eigenvalue weighted by atomic mass is 32.2. The highest BCUT2D eigenvalue weighted by Gasteiger charge is 2.34. The van der Waals surface area contributed by atoms with Crippen LogP contribution in [0.1, 0.15) is 29.5 Å². The van der Waals surface area contributed by atoms with Crippen LogP contribution in [-0.2, 0) is 24.3 Å². The SMILES string of the molecule is Cc1cc(C)c(S(=O)(=O)N2CCN(C(=O)COC(=O)C3CC3)CC2)c(C)c1. The van der Waals surface area contributed by atoms with Gasteiger partial charge in [0.1, 0.15) is 0 Å². The summed E-state index contributed by atoms with van der Waals surface area (Å²) in [5, 5.41) is 0. The van der Waals surface area contributed by atoms with Crippen LogP contribution in [-0.4, -0.2) is 62.3 Å². The molecule has 1 heterocycles. The second-order valence-corrected chi connectivity index (χ2v) is 9.27. The molecule has 1 aromatic carbocycles. The lowest BCUT2D eigenvalue weighted by Crippen LogP contribution is -2.51. The Bertz CT molecular complexity index is 830. The third-order valence-corrected chi connectivity index (χ3v) is 7.25. The molecule has 2 aliphatic rings. The molecule has 1 amide bonds. The van der Waals surface area contributed by atoms with Crippen molar-refractivity contribution in [2.75, 3.05) is 32.8 Å². The van der Waals surface area contributed by atoms with Crippen molar-refractivity contribution in [2.45, 2.75) is 38.5 Å². The van der Waals surface area contributed by atoms with E-state index in [1.54, 1.807) is 18.7 Å². The fourth-order valence-corrected chi connectivity index (χ4v) is 5.38. The molecule has 0 atom stereocenters. The smallest absolute Gasteiger partial charge is 0.309 e. The van der Waals surface area contributed by atoms with Gasteiger partial charge in [-0.1, -0.05) is 17.7 Å². The fraction of sp³-hybridized carbons (Fsp3) is 0.579. The second-order valence-electron chi connectivity index (χ2n) is 7.39. The number of benzene rings is 1. The van der Waals surface area contributed by atoms with Crippen LogP contribution in [0.2, 0.25) is 0 Å². The maximum atomic E-state index is 13.1. The van der Waals surface area contributed by atoms with Gasteiger partial charge in [0.2, 0.25) is 10.0 Å². The van der Waals surface area contributed by atoms with Gasteiger partial charge in [0.25, 0.3) is 5.91 Å². The van der Waals surface area contributed by atoms with Crippen LogP contribution >= 0.6 is 0 Å². The molecule has 8 heteroatoms. The topological polar surface area (TPSA) is 84.0 Å². The van der Waals surface area contributed by atoms with E-state index in [-0.39, 0.29) is 37.5 Å². The summed E-state index contributed by atoms with van der Waals surface area (Å²) in [6.07, 6.45) is 1.67. The first-order valence-electron chi connectivity index (χ1n) is 9.22. The largest absolute Gasteiger partial charge is 0.455 e. The monoisotopic (exact) mass is 394 g/mol. The van der Waals surface area contributed by atoms with E-state index in [0.717, 1.165) is 29.5 Å². The first-order valence-corrected chi connectivity index (χ1v) is 10.7. The van der Waals surface area contributed by atoms with E-state index in [2.05, 4.69) is 0 Å². The molecule has 0 unspecified atom stereocenters. The first-order chi connectivity index (χ1) is 12.7. The summed E-state index contributed by atoms with van der Waals surface area (Å²) in [6, 6.07) is 3.74. The van der Waals surface area contributed by atoms with Crippen molar-refractivity contribution in [2.24, 2.45) is 5.92 Å². The van der Waals surface area contributed by atoms with Gasteiger partial charge in [-0.3, -0.25) is 9.59 Å². The number of hydrogen-bond acceptors (Lipinski definition) is 5. The maximum Gasteiger partial charge on any atom is 0.309 e. The molecule has 7 nitrogen and oxygen atoms in total. The Morgan fingerprint density at radius 3 is 2.11 bits per heavy atom. The van der Waals surface area contributed by atoms with Gasteiger partial charge in [-0.2, -0.15) is 4.31 Å². The number of carbonyl (C=O) groups excluding carboxylic acids is 2. The number of aryl methyl sites for hydroxylation is 3. The molecule has 0 radical (unpaired) electrons. The van der Waals surface area contributed by atoms with E-state index in [1.165, 1.54) is 4.31 Å². The van der Waals surface area contributed by atoms with Gasteiger partial charge in [0, 0.05) is 26.2 Å². The molecular formula is C19H26N2O5S. The second kappa shape index (κ2) is 7.59. The minimum atomic E-state index is -3.61. The van der Waals surface area contributed by atoms with Crippen molar-refractivity contribution >= 4 is 21.9 Å². The predicted molar refractivity (Wildman–Crippen MR) is 99.7 cm³/mol. The first kappa shape index (κ1) is 19.8. The summed E-state index contributed by atoms with van der Waals surface area (Å²) in [6.45, 7) is 6.34. The Balaban J connectivity index is 1.61. The average molecular weight is 394 g/mol. The Morgan fingerprint density at radius 1 is 1.04 bits per heavy atom. The molecule has 148 valence electrons. The summed E-state index contributed by atoms with van der Waals surface area (Å²) in [7, 11) is -3.61. The number of rotatable bonds is 5. The molecule has 2 fully saturated rings. The van der Waals surface area contributed by atoms with Crippen LogP contribution in [0.5, 0.6) is 0 Å². The van der Waals surface area contributed by atoms with Gasteiger partial charge in [0.15, 0.2) is 6.61 Å². The van der Waals surface area contributed by atoms with E-state index in [4.69, 9.17) is 4.74 Å². The van der Waals surface area contributed by atoms with Gasteiger partial charge >= 0.3 is 5.97 Å². The van der Waals surface area contributed by atoms with Crippen LogP contribution in [0.4, 0.5) is 0 Å². The third-order valence-electron chi connectivity index (χ3n) is 5.04. The number of esters is 1. The Morgan fingerprint density at radius 2 is 1.59 bits per heavy atom. The Kier molecular flexibility index (Phi) is 5.58. The molecule has 1 aliphatic heterocycles. The molecule has 0 bridgehead atoms. The number of piperazine rings is 1. The van der Waals surface area contributed by atoms with E-state index in [9.17, 15) is 18.0 Å². The molecule has 27 heavy (non-hydrogen) atoms. The van der Waals surface area contributed by atoms with Crippen molar-refractivity contribution in [3.63, 3.8) is 0 Å². The summed E-state index contributed by atoms with van der Waals surface area (Å²) >= 11 is 0. The quantitative estimate of drug-likeness (QED) is 0.705. The van der Waals surface area contributed by atoms with Crippen molar-refractivity contribution in [1.29, 1.82) is 0 Å². The van der Waals surface area contributed by atoms with Crippen LogP contribution < -0.4 is 0 Å². The summed E-state index contributed by atoms with van der Waals surface area (Å²) in [4.78, 5) is 25.6. The lowest BCUT2D eigenvalue weighted by molar-refractivity contribution is -0.153. The zero-order chi connectivity index (χ0) is 19.8. The molecule has 1 saturated heterocycles. The highest BCUT2D eigenvalue weighted by Crippen LogP contribution is 2.30. The Hall–Kier alpha value is -1.93. The van der Waals surface area contributed by atoms with Crippen LogP contribution in [0, 0.1) is 26.7 Å². The number of nitrogens with zero attached hydrogens (tertiary/aromatic N) is 2. The molecule has 1 saturated carbocycles. The van der Waals surface area contributed by atoms with E-state index in [0.29, 0.717) is 18.0 Å². The predicted octanol–water partition coefficient (Wildman–Crippen LogP) is 1.40. The Labute approximate surface area is 160 Å². The minimum absolute atomic E-state index is 0.0409. The highest BCUT2D eigenvalue weighted by molar-refractivity contribution is 7.89. The van der Waals surface area contributed by atoms with E-state index in [1.807, 2.05) is 19.1 Å². The molecule has 1 aromatic rings. The molecule has 0 N–H and O–H groups in total. The van der Waals surface area contributed by atoms with E-state index < -0.39 is 10.0 Å². The molecule has 0 spiro atoms. The van der Waals surface area contributed by atoms with Crippen LogP contribution in [0.3, 0.4) is 0 Å². The number of sulfonamides is 1. The lowest BCUT2D eigenvalue weighted by atomic mass is 10.1. The minimum Gasteiger partial charge on any atom is -0.455 e. The van der Waals surface area contributed by atoms with Crippen LogP contribution in [0.15, 0.2) is 17.0 Å². The zero-order valence-electron chi connectivity index (χ0n) is 16.0. The van der Waals surface area contributed by atoms with Gasteiger partial charge in [-0.05, 0) is 44.7 Å². The van der Waals surface area contributed by atoms with E-state index >= 15 is 0 Å². The van der Waals surface area contributed by atoms with Gasteiger partial charge in [-0.15, -0.1) is 0 Å². The van der Waals surface area contributed by atoms with Gasteiger partial charge in [0.05, 0.1) is 10.8 Å². The molecular weight excluding hydrogens is 368 g/mol. The third kappa shape index (κ3) is 4.32. The average Bonchev–Trinajstić information content (AvgIpc) is 3.43. The summed E-state index contributed by atoms with van der Waals surface area (Å²) < 4.78 is 32.6. The number of hydrogen-bond donors (Lipinski definition) is 0. The molecule has 0 aromatic heterocycles. The zero-order valence-corrected chi connectivity index (χ0v) is 16.8. The number of amides is 1. The number of carbonyl (C=O) groups is 2. The van der Waals surface area contributed by atoms with Crippen LogP contribution in [0.25, 0.3) is 0 Å². The summed E-state index contributed by atoms with van der Waals surface area (Å²) in [5.41, 5.74) is 2.50. The standard InChI is InChI=1S/C19H26N2O5S/c1-13-10-14(2)18(15(3)11-13)27(24,25)21-8-6-20(7-9-21)17(22)12-26-19(23)16-4-5-16/h10-11,16H,4-9,12H2,1-3H3.